The summed E-state index contributed by atoms with van der Waals surface area (Å²) < 4.78 is 29.3. The lowest BCUT2D eigenvalue weighted by molar-refractivity contribution is -0.119. The Morgan fingerprint density at radius 3 is 2.61 bits per heavy atom. The molecule has 1 amide bonds. The second-order valence-electron chi connectivity index (χ2n) is 10.9. The number of pyridine rings is 1. The molecule has 2 atom stereocenters. The van der Waals surface area contributed by atoms with Gasteiger partial charge in [0.1, 0.15) is 5.82 Å². The molecular weight excluding hydrogens is 440 g/mol. The van der Waals surface area contributed by atoms with Crippen LogP contribution in [-0.4, -0.2) is 49.1 Å². The minimum atomic E-state index is -3.73. The number of amides is 1. The van der Waals surface area contributed by atoms with Crippen molar-refractivity contribution in [3.63, 3.8) is 0 Å². The van der Waals surface area contributed by atoms with Crippen LogP contribution in [-0.2, 0) is 14.8 Å². The zero-order chi connectivity index (χ0) is 23.2. The van der Waals surface area contributed by atoms with Crippen molar-refractivity contribution in [2.24, 2.45) is 17.3 Å². The van der Waals surface area contributed by atoms with Gasteiger partial charge in [0.2, 0.25) is 15.9 Å². The molecule has 1 saturated heterocycles. The normalized spacial score (nSPS) is 31.7. The van der Waals surface area contributed by atoms with Gasteiger partial charge in [-0.2, -0.15) is 0 Å². The molecule has 4 fully saturated rings. The van der Waals surface area contributed by atoms with Gasteiger partial charge in [0, 0.05) is 29.7 Å². The van der Waals surface area contributed by atoms with Gasteiger partial charge in [-0.1, -0.05) is 6.92 Å². The lowest BCUT2D eigenvalue weighted by Crippen LogP contribution is -2.42. The number of sulfonamides is 1. The Bertz CT molecular complexity index is 1270. The third-order valence-electron chi connectivity index (χ3n) is 8.03. The van der Waals surface area contributed by atoms with Crippen molar-refractivity contribution in [1.82, 2.24) is 9.71 Å². The average Bonchev–Trinajstić information content (AvgIpc) is 3.66. The summed E-state index contributed by atoms with van der Waals surface area (Å²) in [7, 11) is -3.73. The summed E-state index contributed by atoms with van der Waals surface area (Å²) in [4.78, 5) is 19.5. The summed E-state index contributed by atoms with van der Waals surface area (Å²) in [5.74, 6) is 1.08. The zero-order valence-electron chi connectivity index (χ0n) is 19.0. The summed E-state index contributed by atoms with van der Waals surface area (Å²) in [6.07, 6.45) is 3.84. The molecular formula is C24H30N4O4S. The highest BCUT2D eigenvalue weighted by Crippen LogP contribution is 2.75. The molecule has 2 aromatic rings. The predicted molar refractivity (Wildman–Crippen MR) is 125 cm³/mol. The van der Waals surface area contributed by atoms with Crippen molar-refractivity contribution < 1.29 is 18.3 Å². The molecule has 33 heavy (non-hydrogen) atoms. The van der Waals surface area contributed by atoms with Crippen LogP contribution in [0, 0.1) is 17.3 Å². The van der Waals surface area contributed by atoms with Crippen molar-refractivity contribution in [3.8, 4) is 0 Å². The highest BCUT2D eigenvalue weighted by atomic mass is 32.2. The summed E-state index contributed by atoms with van der Waals surface area (Å²) in [5.41, 5.74) is 0.777. The van der Waals surface area contributed by atoms with Crippen molar-refractivity contribution in [1.29, 1.82) is 0 Å². The maximum Gasteiger partial charge on any atom is 0.241 e. The number of benzene rings is 1. The van der Waals surface area contributed by atoms with E-state index in [1.807, 2.05) is 19.9 Å². The minimum Gasteiger partial charge on any atom is -0.393 e. The summed E-state index contributed by atoms with van der Waals surface area (Å²) in [6.45, 7) is 5.18. The Labute approximate surface area is 193 Å². The second-order valence-corrected chi connectivity index (χ2v) is 12.5. The van der Waals surface area contributed by atoms with E-state index in [1.54, 1.807) is 18.2 Å². The van der Waals surface area contributed by atoms with Gasteiger partial charge < -0.3 is 15.3 Å². The molecule has 6 rings (SSSR count). The number of anilines is 2. The van der Waals surface area contributed by atoms with E-state index >= 15 is 0 Å². The van der Waals surface area contributed by atoms with Gasteiger partial charge in [-0.05, 0) is 75.1 Å². The molecule has 176 valence electrons. The number of hydrogen-bond acceptors (Lipinski definition) is 6. The number of hydrogen-bond donors (Lipinski definition) is 3. The Balaban J connectivity index is 1.40. The smallest absolute Gasteiger partial charge is 0.241 e. The van der Waals surface area contributed by atoms with E-state index in [1.165, 1.54) is 0 Å². The highest BCUT2D eigenvalue weighted by Gasteiger charge is 2.74. The van der Waals surface area contributed by atoms with Gasteiger partial charge in [0.05, 0.1) is 21.9 Å². The van der Waals surface area contributed by atoms with E-state index in [0.717, 1.165) is 36.8 Å². The first kappa shape index (κ1) is 21.3. The summed E-state index contributed by atoms with van der Waals surface area (Å²) in [6, 6.07) is 7.02. The van der Waals surface area contributed by atoms with Gasteiger partial charge in [-0.15, -0.1) is 0 Å². The Morgan fingerprint density at radius 1 is 1.24 bits per heavy atom. The molecule has 1 aliphatic heterocycles. The number of nitrogens with zero attached hydrogens (tertiary/aromatic N) is 2. The van der Waals surface area contributed by atoms with Crippen molar-refractivity contribution in [2.75, 3.05) is 23.3 Å². The van der Waals surface area contributed by atoms with Gasteiger partial charge >= 0.3 is 0 Å². The molecule has 0 bridgehead atoms. The maximum atomic E-state index is 13.2. The molecule has 3 aliphatic carbocycles. The van der Waals surface area contributed by atoms with Gasteiger partial charge in [0.25, 0.3) is 0 Å². The Hall–Kier alpha value is -2.23. The number of aliphatic hydroxyl groups excluding tert-OH is 1. The average molecular weight is 471 g/mol. The lowest BCUT2D eigenvalue weighted by Gasteiger charge is -2.36. The number of aliphatic hydroxyl groups is 1. The Kier molecular flexibility index (Phi) is 4.45. The van der Waals surface area contributed by atoms with Gasteiger partial charge in [-0.25, -0.2) is 18.1 Å². The topological polar surface area (TPSA) is 112 Å². The fourth-order valence-corrected chi connectivity index (χ4v) is 6.52. The zero-order valence-corrected chi connectivity index (χ0v) is 19.8. The SMILES string of the molecule is C[C@@H]1CN(c2cc(S(=O)(=O)NC3(C)CC3)cc3nc(NC(=O)C45CC4C5)ccc23)CC[C@@H]1O. The number of carbonyl (C=O) groups is 1. The Morgan fingerprint density at radius 2 is 1.97 bits per heavy atom. The fraction of sp³-hybridized carbons (Fsp3) is 0.583. The number of rotatable bonds is 6. The molecule has 4 aliphatic rings. The monoisotopic (exact) mass is 470 g/mol. The lowest BCUT2D eigenvalue weighted by atomic mass is 9.96. The maximum absolute atomic E-state index is 13.2. The number of aromatic nitrogens is 1. The molecule has 3 N–H and O–H groups in total. The quantitative estimate of drug-likeness (QED) is 0.598. The molecule has 0 unspecified atom stereocenters. The molecule has 8 nitrogen and oxygen atoms in total. The van der Waals surface area contributed by atoms with E-state index in [0.29, 0.717) is 36.8 Å². The van der Waals surface area contributed by atoms with Crippen LogP contribution < -0.4 is 14.9 Å². The third kappa shape index (κ3) is 3.70. The van der Waals surface area contributed by atoms with E-state index in [4.69, 9.17) is 0 Å². The third-order valence-corrected chi connectivity index (χ3v) is 9.64. The van der Waals surface area contributed by atoms with E-state index in [-0.39, 0.29) is 33.8 Å². The predicted octanol–water partition coefficient (Wildman–Crippen LogP) is 2.62. The molecule has 9 heteroatoms. The number of carbonyl (C=O) groups excluding carboxylic acids is 1. The highest BCUT2D eigenvalue weighted by molar-refractivity contribution is 7.89. The van der Waals surface area contributed by atoms with Crippen LogP contribution in [0.1, 0.15) is 46.0 Å². The van der Waals surface area contributed by atoms with E-state index in [2.05, 4.69) is 19.9 Å². The van der Waals surface area contributed by atoms with Crippen LogP contribution in [0.25, 0.3) is 10.9 Å². The largest absolute Gasteiger partial charge is 0.393 e. The number of nitrogens with one attached hydrogen (secondary N) is 2. The molecule has 3 saturated carbocycles. The number of piperidine rings is 1. The van der Waals surface area contributed by atoms with E-state index < -0.39 is 10.0 Å². The molecule has 0 radical (unpaired) electrons. The van der Waals surface area contributed by atoms with Gasteiger partial charge in [-0.3, -0.25) is 4.79 Å². The summed E-state index contributed by atoms with van der Waals surface area (Å²) in [5, 5.41) is 14.0. The molecule has 0 spiro atoms. The van der Waals surface area contributed by atoms with Crippen LogP contribution >= 0.6 is 0 Å². The molecule has 2 heterocycles. The van der Waals surface area contributed by atoms with Crippen LogP contribution in [0.3, 0.4) is 0 Å². The summed E-state index contributed by atoms with van der Waals surface area (Å²) >= 11 is 0. The van der Waals surface area contributed by atoms with Crippen molar-refractivity contribution in [3.05, 3.63) is 24.3 Å². The molecule has 1 aromatic heterocycles. The van der Waals surface area contributed by atoms with Crippen LogP contribution in [0.15, 0.2) is 29.2 Å². The number of fused-ring (bicyclic) bond motifs is 2. The van der Waals surface area contributed by atoms with Gasteiger partial charge in [0.15, 0.2) is 0 Å². The standard InChI is InChI=1S/C24H30N4O4S/c1-14-13-28(8-5-20(14)29)19-10-16(33(31,32)27-23(2)6-7-23)9-18-17(19)3-4-21(25-18)26-22(30)24-11-15(24)12-24/h3-4,9-10,14-15,20,27,29H,5-8,11-13H2,1-2H3,(H,25,26,30)/t14-,15?,20+,24?/m1/s1. The van der Waals surface area contributed by atoms with Crippen molar-refractivity contribution in [2.45, 2.75) is 62.5 Å². The minimum absolute atomic E-state index is 0.0190. The van der Waals surface area contributed by atoms with Crippen LogP contribution in [0.2, 0.25) is 0 Å². The van der Waals surface area contributed by atoms with Crippen LogP contribution in [0.4, 0.5) is 11.5 Å². The first-order valence-electron chi connectivity index (χ1n) is 11.8. The van der Waals surface area contributed by atoms with E-state index in [9.17, 15) is 18.3 Å². The second kappa shape index (κ2) is 6.90. The van der Waals surface area contributed by atoms with Crippen LogP contribution in [0.5, 0.6) is 0 Å². The first-order chi connectivity index (χ1) is 15.6. The van der Waals surface area contributed by atoms with Crippen molar-refractivity contribution >= 4 is 38.3 Å². The first-order valence-corrected chi connectivity index (χ1v) is 13.3. The molecule has 1 aromatic carbocycles. The fourth-order valence-electron chi connectivity index (χ4n) is 5.02.